The van der Waals surface area contributed by atoms with Crippen molar-refractivity contribution in [1.29, 1.82) is 0 Å². The molecule has 4 aromatic carbocycles. The van der Waals surface area contributed by atoms with Crippen LogP contribution in [0.1, 0.15) is 51.4 Å². The second-order valence-electron chi connectivity index (χ2n) is 12.0. The Morgan fingerprint density at radius 2 is 0.780 bits per heavy atom. The Hall–Kier alpha value is -3.00. The van der Waals surface area contributed by atoms with E-state index in [0.29, 0.717) is 0 Å². The molecule has 0 spiro atoms. The third kappa shape index (κ3) is 6.58. The van der Waals surface area contributed by atoms with Crippen LogP contribution in [-0.2, 0) is 0 Å². The van der Waals surface area contributed by atoms with E-state index in [9.17, 15) is 0 Å². The van der Waals surface area contributed by atoms with Crippen molar-refractivity contribution >= 4 is 37.1 Å². The quantitative estimate of drug-likeness (QED) is 0.154. The van der Waals surface area contributed by atoms with E-state index in [1.54, 1.807) is 0 Å². The molecule has 2 heteroatoms. The van der Waals surface area contributed by atoms with Gasteiger partial charge in [0.05, 0.1) is 0 Å². The van der Waals surface area contributed by atoms with E-state index in [4.69, 9.17) is 0 Å². The van der Waals surface area contributed by atoms with Gasteiger partial charge >= 0.3 is 0 Å². The van der Waals surface area contributed by atoms with Gasteiger partial charge in [0.1, 0.15) is 0 Å². The predicted octanol–water partition coefficient (Wildman–Crippen LogP) is 8.89. The molecule has 0 bridgehead atoms. The molecule has 4 aromatic rings. The Kier molecular flexibility index (Phi) is 8.69. The van der Waals surface area contributed by atoms with Crippen LogP contribution >= 0.6 is 15.8 Å². The lowest BCUT2D eigenvalue weighted by atomic mass is 10.1. The van der Waals surface area contributed by atoms with Crippen LogP contribution in [0.5, 0.6) is 0 Å². The molecule has 1 aliphatic carbocycles. The number of aryl methyl sites for hydroxylation is 8. The molecule has 0 saturated heterocycles. The maximum atomic E-state index is 3.75. The standard InChI is InChI=1S/C39H41P2/c1-25-13-26(2)18-34(17-25)40(35-19-27(3)14-28(4)20-35)33(9)38-11-10-12-39(38)41(36-21-29(5)15-30(6)22-36)37-23-31(7)16-32(8)24-37/h10,13-24,33H,1-9H3/t33-/m0/s1. The Morgan fingerprint density at radius 3 is 1.12 bits per heavy atom. The van der Waals surface area contributed by atoms with Crippen molar-refractivity contribution in [3.05, 3.63) is 146 Å². The zero-order valence-corrected chi connectivity index (χ0v) is 27.8. The molecule has 0 heterocycles. The monoisotopic (exact) mass is 571 g/mol. The van der Waals surface area contributed by atoms with Crippen LogP contribution in [0.15, 0.2) is 95.5 Å². The summed E-state index contributed by atoms with van der Waals surface area (Å²) >= 11 is 0. The molecule has 0 fully saturated rings. The van der Waals surface area contributed by atoms with Gasteiger partial charge < -0.3 is 0 Å². The second kappa shape index (κ2) is 12.1. The molecule has 0 unspecified atom stereocenters. The maximum absolute atomic E-state index is 3.75. The molecule has 0 aromatic heterocycles. The first kappa shape index (κ1) is 29.5. The van der Waals surface area contributed by atoms with Crippen LogP contribution in [-0.4, -0.2) is 5.66 Å². The first-order valence-electron chi connectivity index (χ1n) is 14.5. The van der Waals surface area contributed by atoms with E-state index < -0.39 is 15.8 Å². The number of benzene rings is 4. The normalized spacial score (nSPS) is 13.6. The number of hydrogen-bond donors (Lipinski definition) is 0. The molecule has 5 rings (SSSR count). The Morgan fingerprint density at radius 1 is 0.463 bits per heavy atom. The van der Waals surface area contributed by atoms with Gasteiger partial charge in [-0.05, 0) is 110 Å². The summed E-state index contributed by atoms with van der Waals surface area (Å²) < 4.78 is 0. The molecular formula is C39H41P2. The first-order chi connectivity index (χ1) is 19.5. The maximum Gasteiger partial charge on any atom is 0.0309 e. The van der Waals surface area contributed by atoms with Gasteiger partial charge in [-0.3, -0.25) is 0 Å². The summed E-state index contributed by atoms with van der Waals surface area (Å²) in [5, 5.41) is 7.00. The third-order valence-corrected chi connectivity index (χ3v) is 12.6. The molecule has 0 nitrogen and oxygen atoms in total. The highest BCUT2D eigenvalue weighted by molar-refractivity contribution is 7.77. The fourth-order valence-corrected chi connectivity index (χ4v) is 12.3. The van der Waals surface area contributed by atoms with Crippen molar-refractivity contribution < 1.29 is 0 Å². The summed E-state index contributed by atoms with van der Waals surface area (Å²) in [4.78, 5) is 0. The minimum Gasteiger partial charge on any atom is -0.111 e. The molecule has 1 atom stereocenters. The fourth-order valence-electron chi connectivity index (χ4n) is 6.30. The number of hydrogen-bond acceptors (Lipinski definition) is 0. The minimum absolute atomic E-state index is 0.287. The van der Waals surface area contributed by atoms with E-state index in [1.165, 1.54) is 76.6 Å². The lowest BCUT2D eigenvalue weighted by Crippen LogP contribution is -2.24. The first-order valence-corrected chi connectivity index (χ1v) is 17.3. The molecule has 0 N–H and O–H groups in total. The van der Waals surface area contributed by atoms with Gasteiger partial charge in [0.2, 0.25) is 0 Å². The van der Waals surface area contributed by atoms with Crippen LogP contribution in [0.25, 0.3) is 0 Å². The highest BCUT2D eigenvalue weighted by Gasteiger charge is 2.32. The topological polar surface area (TPSA) is 0 Å². The Bertz CT molecular complexity index is 1540. The largest absolute Gasteiger partial charge is 0.111 e. The molecule has 0 saturated carbocycles. The predicted molar refractivity (Wildman–Crippen MR) is 184 cm³/mol. The molecule has 207 valence electrons. The van der Waals surface area contributed by atoms with Crippen molar-refractivity contribution in [2.45, 2.75) is 68.0 Å². The van der Waals surface area contributed by atoms with Crippen molar-refractivity contribution in [1.82, 2.24) is 0 Å². The summed E-state index contributed by atoms with van der Waals surface area (Å²) in [6, 6.07) is 28.4. The lowest BCUT2D eigenvalue weighted by Gasteiger charge is -2.31. The van der Waals surface area contributed by atoms with E-state index >= 15 is 0 Å². The SMILES string of the molecule is Cc1cc(C)cc(P(C2=C=C[C]=C2[C@H](C)P(c2cc(C)cc(C)c2)c2cc(C)cc(C)c2)c2cc(C)cc(C)c2)c1. The van der Waals surface area contributed by atoms with Crippen LogP contribution < -0.4 is 21.2 Å². The van der Waals surface area contributed by atoms with Gasteiger partial charge in [-0.25, -0.2) is 0 Å². The van der Waals surface area contributed by atoms with E-state index in [-0.39, 0.29) is 5.66 Å². The average molecular weight is 572 g/mol. The van der Waals surface area contributed by atoms with Gasteiger partial charge in [0.25, 0.3) is 0 Å². The molecule has 1 aliphatic rings. The number of rotatable bonds is 7. The van der Waals surface area contributed by atoms with Gasteiger partial charge in [-0.15, -0.1) is 5.73 Å². The van der Waals surface area contributed by atoms with Gasteiger partial charge in [0, 0.05) is 11.0 Å². The highest BCUT2D eigenvalue weighted by Crippen LogP contribution is 2.54. The Labute approximate surface area is 250 Å². The number of allylic oxidation sites excluding steroid dienone is 3. The van der Waals surface area contributed by atoms with Crippen molar-refractivity contribution in [3.8, 4) is 0 Å². The van der Waals surface area contributed by atoms with Crippen LogP contribution in [0.3, 0.4) is 0 Å². The molecule has 41 heavy (non-hydrogen) atoms. The smallest absolute Gasteiger partial charge is 0.0309 e. The summed E-state index contributed by atoms with van der Waals surface area (Å²) in [5.41, 5.74) is 15.9. The zero-order chi connectivity index (χ0) is 29.4. The molecule has 0 aliphatic heterocycles. The summed E-state index contributed by atoms with van der Waals surface area (Å²) in [6.07, 6.45) is 5.79. The summed E-state index contributed by atoms with van der Waals surface area (Å²) in [6.45, 7) is 20.2. The van der Waals surface area contributed by atoms with Crippen LogP contribution in [0.2, 0.25) is 0 Å². The van der Waals surface area contributed by atoms with Crippen LogP contribution in [0.4, 0.5) is 0 Å². The van der Waals surface area contributed by atoms with Crippen molar-refractivity contribution in [3.63, 3.8) is 0 Å². The van der Waals surface area contributed by atoms with Crippen LogP contribution in [0, 0.1) is 61.5 Å². The van der Waals surface area contributed by atoms with Gasteiger partial charge in [-0.1, -0.05) is 124 Å². The molecule has 0 amide bonds. The molecular weight excluding hydrogens is 530 g/mol. The third-order valence-electron chi connectivity index (χ3n) is 7.62. The highest BCUT2D eigenvalue weighted by atomic mass is 31.1. The van der Waals surface area contributed by atoms with Gasteiger partial charge in [0.15, 0.2) is 0 Å². The summed E-state index contributed by atoms with van der Waals surface area (Å²) in [5.74, 6) is 0. The Balaban J connectivity index is 1.68. The van der Waals surface area contributed by atoms with Gasteiger partial charge in [-0.2, -0.15) is 0 Å². The minimum atomic E-state index is -0.791. The van der Waals surface area contributed by atoms with Crippen molar-refractivity contribution in [2.75, 3.05) is 0 Å². The van der Waals surface area contributed by atoms with E-state index in [0.717, 1.165) is 0 Å². The zero-order valence-electron chi connectivity index (χ0n) is 26.0. The van der Waals surface area contributed by atoms with Crippen molar-refractivity contribution in [2.24, 2.45) is 0 Å². The second-order valence-corrected chi connectivity index (χ2v) is 16.7. The summed E-state index contributed by atoms with van der Waals surface area (Å²) in [7, 11) is -1.46. The van der Waals surface area contributed by atoms with E-state index in [2.05, 4.69) is 153 Å². The average Bonchev–Trinajstić information content (AvgIpc) is 3.31. The molecule has 1 radical (unpaired) electrons. The van der Waals surface area contributed by atoms with E-state index in [1.807, 2.05) is 0 Å². The fraction of sp³-hybridized carbons (Fsp3) is 0.256. The lowest BCUT2D eigenvalue weighted by molar-refractivity contribution is 1.15.